The van der Waals surface area contributed by atoms with Crippen LogP contribution in [0, 0.1) is 47.3 Å². The van der Waals surface area contributed by atoms with Crippen molar-refractivity contribution in [3.05, 3.63) is 168 Å². The van der Waals surface area contributed by atoms with Crippen molar-refractivity contribution in [2.75, 3.05) is 0 Å². The molecule has 7 aromatic rings. The van der Waals surface area contributed by atoms with E-state index in [1.54, 1.807) is 5.56 Å². The van der Waals surface area contributed by atoms with Gasteiger partial charge >= 0.3 is 0 Å². The molecule has 2 heterocycles. The molecule has 8 saturated carbocycles. The van der Waals surface area contributed by atoms with Crippen LogP contribution in [0.2, 0.25) is 0 Å². The third kappa shape index (κ3) is 7.33. The second kappa shape index (κ2) is 16.6. The first kappa shape index (κ1) is 40.3. The summed E-state index contributed by atoms with van der Waals surface area (Å²) in [5.74, 6) is 7.95. The van der Waals surface area contributed by atoms with Crippen molar-refractivity contribution in [1.29, 1.82) is 0 Å². The Morgan fingerprint density at radius 3 is 1.41 bits per heavy atom. The van der Waals surface area contributed by atoms with Gasteiger partial charge in [-0.05, 0) is 153 Å². The first-order valence-electron chi connectivity index (χ1n) is 23.3. The largest absolute Gasteiger partial charge is 0.748 e. The zero-order valence-corrected chi connectivity index (χ0v) is 38.3. The van der Waals surface area contributed by atoms with Crippen LogP contribution in [-0.2, 0) is 28.4 Å². The molecule has 8 fully saturated rings. The summed E-state index contributed by atoms with van der Waals surface area (Å²) in [7, 11) is 3.21. The van der Waals surface area contributed by atoms with Crippen LogP contribution in [0.25, 0.3) is 32.9 Å². The summed E-state index contributed by atoms with van der Waals surface area (Å²) in [6, 6.07) is 52.8. The van der Waals surface area contributed by atoms with E-state index in [9.17, 15) is 0 Å². The average molecular weight is 877 g/mol. The summed E-state index contributed by atoms with van der Waals surface area (Å²) >= 11 is 0. The molecule has 61 heavy (non-hydrogen) atoms. The van der Waals surface area contributed by atoms with Crippen molar-refractivity contribution in [3.63, 3.8) is 0 Å². The van der Waals surface area contributed by atoms with E-state index < -0.39 is 5.16 Å². The Morgan fingerprint density at radius 2 is 0.951 bits per heavy atom. The van der Waals surface area contributed by atoms with E-state index in [-0.39, 0.29) is 25.0 Å². The molecule has 0 saturated heterocycles. The molecule has 0 N–H and O–H groups in total. The molecular formula is C56H58FeN2P2-6. The van der Waals surface area contributed by atoms with Crippen molar-refractivity contribution in [2.45, 2.75) is 86.8 Å². The second-order valence-corrected chi connectivity index (χ2v) is 23.5. The van der Waals surface area contributed by atoms with E-state index in [2.05, 4.69) is 125 Å². The fraction of sp³-hybridized carbons (Fsp3) is 0.393. The third-order valence-electron chi connectivity index (χ3n) is 16.5. The third-order valence-corrected chi connectivity index (χ3v) is 21.4. The van der Waals surface area contributed by atoms with Crippen LogP contribution in [0.1, 0.15) is 86.7 Å². The van der Waals surface area contributed by atoms with Gasteiger partial charge < -0.3 is 30.3 Å². The van der Waals surface area contributed by atoms with E-state index in [0.29, 0.717) is 0 Å². The van der Waals surface area contributed by atoms with Crippen molar-refractivity contribution < 1.29 is 17.1 Å². The van der Waals surface area contributed by atoms with Gasteiger partial charge in [-0.1, -0.05) is 92.3 Å². The molecule has 2 aromatic heterocycles. The average Bonchev–Trinajstić information content (AvgIpc) is 4.00. The maximum absolute atomic E-state index is 5.53. The molecule has 15 rings (SSSR count). The molecule has 0 amide bonds. The van der Waals surface area contributed by atoms with Gasteiger partial charge in [-0.2, -0.15) is 17.2 Å². The van der Waals surface area contributed by atoms with Crippen LogP contribution in [0.4, 0.5) is 0 Å². The Bertz CT molecular complexity index is 2420. The van der Waals surface area contributed by atoms with Crippen molar-refractivity contribution in [1.82, 2.24) is 9.97 Å². The van der Waals surface area contributed by atoms with Gasteiger partial charge in [0.1, 0.15) is 0 Å². The predicted octanol–water partition coefficient (Wildman–Crippen LogP) is 14.4. The van der Waals surface area contributed by atoms with Crippen LogP contribution < -0.4 is 0 Å². The standard InChI is InChI=1S/C51H53N2P2.C5H5.Fe/c54-51(47-16-14-36-10-4-6-12-45(36)52-47,48-17-15-37-11-5-7-13-46(37)53-48)44-29-38(35-8-2-1-3-9-35)28-43(44)30-55(49-39-20-31-18-32(22-39)23-40(49)21-31)50-41-24-33-19-34(26-41)27-42(50)25-33;1-2-4-5-3-1;/h1-17,28-29,31-34,39-42,49-50H,18-27,30,54H2;1-5H;/q-1;-5;. The van der Waals surface area contributed by atoms with E-state index in [1.807, 2.05) is 30.3 Å². The quantitative estimate of drug-likeness (QED) is 0.0863. The van der Waals surface area contributed by atoms with Gasteiger partial charge in [0.2, 0.25) is 0 Å². The number of hydrogen-bond donors (Lipinski definition) is 0. The summed E-state index contributed by atoms with van der Waals surface area (Å²) in [5.41, 5.74) is 11.8. The first-order chi connectivity index (χ1) is 29.5. The Kier molecular flexibility index (Phi) is 11.0. The maximum Gasteiger partial charge on any atom is 0.0705 e. The monoisotopic (exact) mass is 876 g/mol. The van der Waals surface area contributed by atoms with Crippen LogP contribution in [0.15, 0.2) is 146 Å². The van der Waals surface area contributed by atoms with Crippen LogP contribution in [0.3, 0.4) is 0 Å². The molecule has 0 aliphatic heterocycles. The van der Waals surface area contributed by atoms with Gasteiger partial charge in [-0.3, -0.25) is 9.97 Å². The zero-order valence-electron chi connectivity index (χ0n) is 35.2. The molecule has 316 valence electrons. The molecule has 1 atom stereocenters. The van der Waals surface area contributed by atoms with Gasteiger partial charge in [0.15, 0.2) is 0 Å². The van der Waals surface area contributed by atoms with Crippen molar-refractivity contribution in [3.8, 4) is 11.1 Å². The molecule has 0 spiro atoms. The first-order valence-corrected chi connectivity index (χ1v) is 25.6. The Hall–Kier alpha value is -3.44. The van der Waals surface area contributed by atoms with Gasteiger partial charge in [0.25, 0.3) is 0 Å². The molecule has 8 bridgehead atoms. The van der Waals surface area contributed by atoms with E-state index in [1.165, 1.54) is 97.8 Å². The van der Waals surface area contributed by atoms with Crippen molar-refractivity contribution >= 4 is 39.0 Å². The number of fused-ring (bicyclic) bond motifs is 2. The number of pyridine rings is 2. The summed E-state index contributed by atoms with van der Waals surface area (Å²) in [6.07, 6.45) is 16.6. The summed E-state index contributed by atoms with van der Waals surface area (Å²) in [5, 5.41) is 1.76. The molecule has 8 aliphatic rings. The minimum Gasteiger partial charge on any atom is -0.748 e. The number of nitrogens with zero attached hydrogens (tertiary/aromatic N) is 2. The van der Waals surface area contributed by atoms with Gasteiger partial charge in [-0.25, -0.2) is 6.07 Å². The number of benzene rings is 3. The van der Waals surface area contributed by atoms with Crippen LogP contribution in [-0.4, -0.2) is 21.3 Å². The molecule has 5 aromatic carbocycles. The smallest absolute Gasteiger partial charge is 0.0705 e. The number of rotatable bonds is 8. The van der Waals surface area contributed by atoms with Gasteiger partial charge in [0, 0.05) is 39.2 Å². The maximum atomic E-state index is 5.53. The molecule has 2 nitrogen and oxygen atoms in total. The van der Waals surface area contributed by atoms with Crippen molar-refractivity contribution in [2.24, 2.45) is 47.3 Å². The summed E-state index contributed by atoms with van der Waals surface area (Å²) in [6.45, 7) is 0. The summed E-state index contributed by atoms with van der Waals surface area (Å²) < 4.78 is 0. The normalized spacial score (nSPS) is 29.9. The number of para-hydroxylation sites is 2. The summed E-state index contributed by atoms with van der Waals surface area (Å²) in [4.78, 5) is 11.1. The number of hydrogen-bond acceptors (Lipinski definition) is 2. The van der Waals surface area contributed by atoms with Crippen LogP contribution >= 0.6 is 17.2 Å². The Morgan fingerprint density at radius 1 is 0.525 bits per heavy atom. The minimum atomic E-state index is -0.606. The Balaban J connectivity index is 0.000000656. The molecular weight excluding hydrogens is 818 g/mol. The topological polar surface area (TPSA) is 25.8 Å². The fourth-order valence-electron chi connectivity index (χ4n) is 14.6. The Labute approximate surface area is 377 Å². The molecule has 0 radical (unpaired) electrons. The zero-order chi connectivity index (χ0) is 39.8. The predicted molar refractivity (Wildman–Crippen MR) is 255 cm³/mol. The molecule has 1 unspecified atom stereocenters. The fourth-order valence-corrected chi connectivity index (χ4v) is 19.8. The second-order valence-electron chi connectivity index (χ2n) is 20.1. The van der Waals surface area contributed by atoms with Gasteiger partial charge in [0.05, 0.1) is 16.2 Å². The molecule has 5 heteroatoms. The van der Waals surface area contributed by atoms with E-state index in [0.717, 1.165) is 81.1 Å². The molecule has 8 aliphatic carbocycles. The van der Waals surface area contributed by atoms with Crippen LogP contribution in [0.5, 0.6) is 0 Å². The SMILES string of the molecule is PC(c1ccc2ccccc2n1)(c1ccc2ccccc2n1)[c-]1cc(-c2ccccc2)cc1CP(C1C2CC3CC(C2)CC1C3)C1C2CC3CC(C2)CC1C3.[Fe].[cH-]1[cH-][cH-][cH-][cH-]1. The van der Waals surface area contributed by atoms with E-state index >= 15 is 0 Å². The van der Waals surface area contributed by atoms with E-state index in [4.69, 9.17) is 9.97 Å². The van der Waals surface area contributed by atoms with Gasteiger partial charge in [-0.15, -0.1) is 14.8 Å². The minimum absolute atomic E-state index is 0. The number of aromatic nitrogens is 2.